The van der Waals surface area contributed by atoms with Crippen LogP contribution in [-0.4, -0.2) is 11.3 Å². The van der Waals surface area contributed by atoms with Crippen molar-refractivity contribution in [3.8, 4) is 0 Å². The summed E-state index contributed by atoms with van der Waals surface area (Å²) >= 11 is 1.66. The second kappa shape index (κ2) is 2.66. The van der Waals surface area contributed by atoms with Gasteiger partial charge < -0.3 is 4.79 Å². The average Bonchev–Trinajstić information content (AvgIpc) is 2.71. The molecular weight excluding hydrogens is 170 g/mol. The molecular formula is C9H11NOS. The van der Waals surface area contributed by atoms with Crippen LogP contribution in [0.1, 0.15) is 23.5 Å². The second-order valence-corrected chi connectivity index (χ2v) is 4.48. The van der Waals surface area contributed by atoms with E-state index in [0.29, 0.717) is 0 Å². The van der Waals surface area contributed by atoms with E-state index in [1.807, 2.05) is 12.3 Å². The van der Waals surface area contributed by atoms with Crippen molar-refractivity contribution in [2.24, 2.45) is 5.41 Å². The normalized spacial score (nSPS) is 19.1. The molecule has 0 amide bonds. The van der Waals surface area contributed by atoms with E-state index in [9.17, 15) is 4.79 Å². The van der Waals surface area contributed by atoms with Crippen molar-refractivity contribution in [2.45, 2.75) is 26.2 Å². The second-order valence-electron chi connectivity index (χ2n) is 3.54. The molecule has 2 nitrogen and oxygen atoms in total. The van der Waals surface area contributed by atoms with Crippen molar-refractivity contribution in [3.05, 3.63) is 16.1 Å². The largest absolute Gasteiger partial charge is 0.303 e. The van der Waals surface area contributed by atoms with Gasteiger partial charge in [-0.2, -0.15) is 0 Å². The predicted molar refractivity (Wildman–Crippen MR) is 48.3 cm³/mol. The van der Waals surface area contributed by atoms with Gasteiger partial charge in [-0.25, -0.2) is 4.98 Å². The van der Waals surface area contributed by atoms with Gasteiger partial charge in [-0.15, -0.1) is 11.3 Å². The minimum Gasteiger partial charge on any atom is -0.303 e. The van der Waals surface area contributed by atoms with Crippen molar-refractivity contribution in [1.82, 2.24) is 4.98 Å². The Hall–Kier alpha value is -0.700. The first-order valence-corrected chi connectivity index (χ1v) is 4.99. The van der Waals surface area contributed by atoms with E-state index in [-0.39, 0.29) is 5.41 Å². The number of hydrogen-bond donors (Lipinski definition) is 0. The van der Waals surface area contributed by atoms with E-state index >= 15 is 0 Å². The summed E-state index contributed by atoms with van der Waals surface area (Å²) in [5.74, 6) is 0. The highest BCUT2D eigenvalue weighted by molar-refractivity contribution is 7.09. The highest BCUT2D eigenvalue weighted by Crippen LogP contribution is 2.46. The van der Waals surface area contributed by atoms with Crippen LogP contribution in [0.25, 0.3) is 0 Å². The number of aromatic nitrogens is 1. The minimum atomic E-state index is -0.0235. The zero-order valence-corrected chi connectivity index (χ0v) is 7.86. The number of carbonyl (C=O) groups excluding carboxylic acids is 1. The molecule has 0 spiro atoms. The molecule has 0 N–H and O–H groups in total. The summed E-state index contributed by atoms with van der Waals surface area (Å²) in [6.07, 6.45) is 4.06. The number of rotatable bonds is 3. The van der Waals surface area contributed by atoms with Gasteiger partial charge in [0.25, 0.3) is 0 Å². The minimum absolute atomic E-state index is 0.0235. The first-order valence-electron chi connectivity index (χ1n) is 4.11. The molecule has 0 atom stereocenters. The van der Waals surface area contributed by atoms with Crippen LogP contribution >= 0.6 is 11.3 Å². The number of nitrogens with zero attached hydrogens (tertiary/aromatic N) is 1. The molecule has 0 unspecified atom stereocenters. The molecule has 0 bridgehead atoms. The zero-order valence-electron chi connectivity index (χ0n) is 7.04. The maximum Gasteiger partial charge on any atom is 0.126 e. The Morgan fingerprint density at radius 1 is 1.75 bits per heavy atom. The van der Waals surface area contributed by atoms with Gasteiger partial charge in [0.2, 0.25) is 0 Å². The van der Waals surface area contributed by atoms with Gasteiger partial charge in [0.05, 0.1) is 5.01 Å². The van der Waals surface area contributed by atoms with Gasteiger partial charge in [0.1, 0.15) is 6.29 Å². The summed E-state index contributed by atoms with van der Waals surface area (Å²) in [7, 11) is 0. The average molecular weight is 181 g/mol. The smallest absolute Gasteiger partial charge is 0.126 e. The summed E-state index contributed by atoms with van der Waals surface area (Å²) in [5.41, 5.74) is 1.04. The predicted octanol–water partition coefficient (Wildman–Crippen LogP) is 1.97. The fourth-order valence-electron chi connectivity index (χ4n) is 1.28. The topological polar surface area (TPSA) is 30.0 Å². The molecule has 2 rings (SSSR count). The summed E-state index contributed by atoms with van der Waals surface area (Å²) < 4.78 is 0. The third kappa shape index (κ3) is 1.41. The molecule has 3 heteroatoms. The van der Waals surface area contributed by atoms with E-state index in [0.717, 1.165) is 36.3 Å². The molecule has 0 aromatic carbocycles. The number of hydrogen-bond acceptors (Lipinski definition) is 3. The molecule has 1 aliphatic rings. The summed E-state index contributed by atoms with van der Waals surface area (Å²) in [4.78, 5) is 15.0. The van der Waals surface area contributed by atoms with Crippen molar-refractivity contribution >= 4 is 17.6 Å². The Morgan fingerprint density at radius 3 is 2.92 bits per heavy atom. The molecule has 0 aliphatic heterocycles. The highest BCUT2D eigenvalue weighted by Gasteiger charge is 2.43. The van der Waals surface area contributed by atoms with E-state index in [4.69, 9.17) is 0 Å². The molecule has 1 aromatic rings. The SMILES string of the molecule is Cc1csc(CC2(C=O)CC2)n1. The van der Waals surface area contributed by atoms with E-state index in [1.165, 1.54) is 0 Å². The highest BCUT2D eigenvalue weighted by atomic mass is 32.1. The first-order chi connectivity index (χ1) is 5.74. The fraction of sp³-hybridized carbons (Fsp3) is 0.556. The van der Waals surface area contributed by atoms with Crippen LogP contribution in [0.5, 0.6) is 0 Å². The Kier molecular flexibility index (Phi) is 1.76. The molecule has 12 heavy (non-hydrogen) atoms. The monoisotopic (exact) mass is 181 g/mol. The lowest BCUT2D eigenvalue weighted by Crippen LogP contribution is -2.05. The lowest BCUT2D eigenvalue weighted by molar-refractivity contribution is -0.112. The third-order valence-electron chi connectivity index (χ3n) is 2.31. The van der Waals surface area contributed by atoms with E-state index in [2.05, 4.69) is 4.98 Å². The van der Waals surface area contributed by atoms with Gasteiger partial charge in [-0.1, -0.05) is 0 Å². The quantitative estimate of drug-likeness (QED) is 0.667. The fourth-order valence-corrected chi connectivity index (χ4v) is 2.21. The molecule has 1 heterocycles. The molecule has 1 fully saturated rings. The van der Waals surface area contributed by atoms with Crippen molar-refractivity contribution < 1.29 is 4.79 Å². The van der Waals surface area contributed by atoms with E-state index < -0.39 is 0 Å². The standard InChI is InChI=1S/C9H11NOS/c1-7-5-12-8(10-7)4-9(6-11)2-3-9/h5-6H,2-4H2,1H3. The number of aldehydes is 1. The number of aryl methyl sites for hydroxylation is 1. The van der Waals surface area contributed by atoms with E-state index in [1.54, 1.807) is 11.3 Å². The maximum absolute atomic E-state index is 10.7. The third-order valence-corrected chi connectivity index (χ3v) is 3.28. The van der Waals surface area contributed by atoms with Crippen molar-refractivity contribution in [1.29, 1.82) is 0 Å². The summed E-state index contributed by atoms with van der Waals surface area (Å²) in [6, 6.07) is 0. The first kappa shape index (κ1) is 7.92. The van der Waals surface area contributed by atoms with Crippen LogP contribution < -0.4 is 0 Å². The van der Waals surface area contributed by atoms with Gasteiger partial charge in [-0.05, 0) is 19.8 Å². The van der Waals surface area contributed by atoms with Gasteiger partial charge >= 0.3 is 0 Å². The van der Waals surface area contributed by atoms with Crippen LogP contribution in [-0.2, 0) is 11.2 Å². The Balaban J connectivity index is 2.08. The van der Waals surface area contributed by atoms with Crippen LogP contribution in [0, 0.1) is 12.3 Å². The molecule has 64 valence electrons. The van der Waals surface area contributed by atoms with Crippen LogP contribution in [0.3, 0.4) is 0 Å². The zero-order chi connectivity index (χ0) is 8.60. The summed E-state index contributed by atoms with van der Waals surface area (Å²) in [6.45, 7) is 1.99. The lowest BCUT2D eigenvalue weighted by atomic mass is 10.1. The molecule has 0 saturated heterocycles. The Morgan fingerprint density at radius 2 is 2.50 bits per heavy atom. The Bertz CT molecular complexity index is 301. The van der Waals surface area contributed by atoms with Crippen LogP contribution in [0.4, 0.5) is 0 Å². The van der Waals surface area contributed by atoms with Crippen LogP contribution in [0.2, 0.25) is 0 Å². The van der Waals surface area contributed by atoms with Gasteiger partial charge in [0.15, 0.2) is 0 Å². The summed E-state index contributed by atoms with van der Waals surface area (Å²) in [5, 5.41) is 3.15. The lowest BCUT2D eigenvalue weighted by Gasteiger charge is -2.01. The number of carbonyl (C=O) groups is 1. The maximum atomic E-state index is 10.7. The Labute approximate surface area is 75.6 Å². The van der Waals surface area contributed by atoms with Crippen molar-refractivity contribution in [2.75, 3.05) is 0 Å². The molecule has 1 saturated carbocycles. The molecule has 1 aliphatic carbocycles. The van der Waals surface area contributed by atoms with Gasteiger partial charge in [0, 0.05) is 22.9 Å². The van der Waals surface area contributed by atoms with Crippen molar-refractivity contribution in [3.63, 3.8) is 0 Å². The molecule has 0 radical (unpaired) electrons. The number of thiazole rings is 1. The van der Waals surface area contributed by atoms with Gasteiger partial charge in [-0.3, -0.25) is 0 Å². The van der Waals surface area contributed by atoms with Crippen LogP contribution in [0.15, 0.2) is 5.38 Å². The molecule has 1 aromatic heterocycles.